The third kappa shape index (κ3) is 4.12. The number of anilines is 1. The van der Waals surface area contributed by atoms with Crippen molar-refractivity contribution in [2.24, 2.45) is 5.92 Å². The summed E-state index contributed by atoms with van der Waals surface area (Å²) < 4.78 is 0. The summed E-state index contributed by atoms with van der Waals surface area (Å²) in [7, 11) is 0. The minimum atomic E-state index is -0.0541. The topological polar surface area (TPSA) is 44.4 Å². The fraction of sp³-hybridized carbons (Fsp3) is 0.533. The summed E-state index contributed by atoms with van der Waals surface area (Å²) in [6.07, 6.45) is 0.978. The van der Waals surface area contributed by atoms with Crippen molar-refractivity contribution in [2.45, 2.75) is 26.3 Å². The molecule has 0 radical (unpaired) electrons. The van der Waals surface area contributed by atoms with Crippen LogP contribution in [-0.2, 0) is 0 Å². The molecule has 1 heterocycles. The normalized spacial score (nSPS) is 19.8. The van der Waals surface area contributed by atoms with Gasteiger partial charge in [0.15, 0.2) is 0 Å². The molecule has 0 spiro atoms. The van der Waals surface area contributed by atoms with Crippen LogP contribution in [0.15, 0.2) is 24.3 Å². The highest BCUT2D eigenvalue weighted by atomic mass is 35.5. The summed E-state index contributed by atoms with van der Waals surface area (Å²) in [4.78, 5) is 14.2. The Hall–Kier alpha value is -1.26. The maximum atomic E-state index is 12.3. The SMILES string of the molecule is CC(C)C1CN(C(=O)Nc2cccc(Cl)c2)CCCN1. The Morgan fingerprint density at radius 3 is 3.00 bits per heavy atom. The van der Waals surface area contributed by atoms with Crippen molar-refractivity contribution < 1.29 is 4.79 Å². The molecule has 1 atom stereocenters. The Labute approximate surface area is 125 Å². The van der Waals surface area contributed by atoms with Gasteiger partial charge in [-0.15, -0.1) is 0 Å². The molecule has 110 valence electrons. The van der Waals surface area contributed by atoms with Gasteiger partial charge in [-0.05, 0) is 37.1 Å². The minimum absolute atomic E-state index is 0.0541. The van der Waals surface area contributed by atoms with E-state index >= 15 is 0 Å². The summed E-state index contributed by atoms with van der Waals surface area (Å²) in [6, 6.07) is 7.53. The van der Waals surface area contributed by atoms with Gasteiger partial charge in [-0.3, -0.25) is 0 Å². The molecule has 1 fully saturated rings. The van der Waals surface area contributed by atoms with Gasteiger partial charge in [0.25, 0.3) is 0 Å². The van der Waals surface area contributed by atoms with Gasteiger partial charge in [0, 0.05) is 29.8 Å². The number of carbonyl (C=O) groups excluding carboxylic acids is 1. The lowest BCUT2D eigenvalue weighted by molar-refractivity contribution is 0.206. The molecule has 0 saturated carbocycles. The van der Waals surface area contributed by atoms with E-state index in [1.165, 1.54) is 0 Å². The second kappa shape index (κ2) is 6.95. The van der Waals surface area contributed by atoms with Gasteiger partial charge >= 0.3 is 6.03 Å². The lowest BCUT2D eigenvalue weighted by atomic mass is 10.0. The van der Waals surface area contributed by atoms with Crippen LogP contribution in [0.4, 0.5) is 10.5 Å². The summed E-state index contributed by atoms with van der Waals surface area (Å²) in [5.41, 5.74) is 0.737. The molecule has 0 aliphatic carbocycles. The first kappa shape index (κ1) is 15.1. The van der Waals surface area contributed by atoms with Gasteiger partial charge in [-0.2, -0.15) is 0 Å². The van der Waals surface area contributed by atoms with E-state index in [4.69, 9.17) is 11.6 Å². The molecule has 1 aliphatic rings. The zero-order valence-corrected chi connectivity index (χ0v) is 12.8. The van der Waals surface area contributed by atoms with E-state index < -0.39 is 0 Å². The second-order valence-corrected chi connectivity index (χ2v) is 5.98. The molecule has 20 heavy (non-hydrogen) atoms. The van der Waals surface area contributed by atoms with E-state index in [-0.39, 0.29) is 6.03 Å². The molecule has 2 amide bonds. The average molecular weight is 296 g/mol. The number of halogens is 1. The third-order valence-corrected chi connectivity index (χ3v) is 3.83. The number of nitrogens with one attached hydrogen (secondary N) is 2. The molecule has 1 aromatic rings. The second-order valence-electron chi connectivity index (χ2n) is 5.54. The fourth-order valence-corrected chi connectivity index (χ4v) is 2.54. The van der Waals surface area contributed by atoms with E-state index in [9.17, 15) is 4.79 Å². The highest BCUT2D eigenvalue weighted by molar-refractivity contribution is 6.30. The Kier molecular flexibility index (Phi) is 5.26. The Balaban J connectivity index is 2.00. The zero-order valence-electron chi connectivity index (χ0n) is 12.0. The molecule has 4 nitrogen and oxygen atoms in total. The molecular weight excluding hydrogens is 274 g/mol. The van der Waals surface area contributed by atoms with Crippen molar-refractivity contribution in [1.29, 1.82) is 0 Å². The first-order chi connectivity index (χ1) is 9.56. The largest absolute Gasteiger partial charge is 0.323 e. The number of rotatable bonds is 2. The Bertz CT molecular complexity index is 464. The smallest absolute Gasteiger partial charge is 0.321 e. The van der Waals surface area contributed by atoms with E-state index in [2.05, 4.69) is 24.5 Å². The number of benzene rings is 1. The molecule has 1 aromatic carbocycles. The van der Waals surface area contributed by atoms with Crippen LogP contribution < -0.4 is 10.6 Å². The van der Waals surface area contributed by atoms with Crippen LogP contribution in [0.3, 0.4) is 0 Å². The summed E-state index contributed by atoms with van der Waals surface area (Å²) in [5.74, 6) is 0.509. The quantitative estimate of drug-likeness (QED) is 0.880. The van der Waals surface area contributed by atoms with Gasteiger partial charge in [0.2, 0.25) is 0 Å². The maximum absolute atomic E-state index is 12.3. The minimum Gasteiger partial charge on any atom is -0.323 e. The number of hydrogen-bond acceptors (Lipinski definition) is 2. The maximum Gasteiger partial charge on any atom is 0.321 e. The van der Waals surface area contributed by atoms with Crippen LogP contribution in [0.2, 0.25) is 5.02 Å². The van der Waals surface area contributed by atoms with Gasteiger partial charge in [0.05, 0.1) is 0 Å². The third-order valence-electron chi connectivity index (χ3n) is 3.60. The molecule has 5 heteroatoms. The Morgan fingerprint density at radius 2 is 2.30 bits per heavy atom. The Morgan fingerprint density at radius 1 is 1.50 bits per heavy atom. The molecule has 1 aliphatic heterocycles. The molecular formula is C15H22ClN3O. The number of hydrogen-bond donors (Lipinski definition) is 2. The number of amides is 2. The van der Waals surface area contributed by atoms with Crippen molar-refractivity contribution in [3.05, 3.63) is 29.3 Å². The molecule has 1 saturated heterocycles. The molecule has 2 rings (SSSR count). The lowest BCUT2D eigenvalue weighted by Crippen LogP contribution is -2.44. The predicted octanol–water partition coefficient (Wildman–Crippen LogP) is 3.19. The lowest BCUT2D eigenvalue weighted by Gasteiger charge is -2.27. The van der Waals surface area contributed by atoms with Gasteiger partial charge in [-0.25, -0.2) is 4.79 Å². The number of urea groups is 1. The summed E-state index contributed by atoms with van der Waals surface area (Å²) in [5, 5.41) is 7.04. The van der Waals surface area contributed by atoms with Crippen molar-refractivity contribution >= 4 is 23.3 Å². The summed E-state index contributed by atoms with van der Waals surface area (Å²) in [6.45, 7) is 6.84. The van der Waals surface area contributed by atoms with E-state index in [0.717, 1.165) is 31.7 Å². The van der Waals surface area contributed by atoms with Crippen molar-refractivity contribution in [3.8, 4) is 0 Å². The van der Waals surface area contributed by atoms with Crippen LogP contribution in [0.1, 0.15) is 20.3 Å². The summed E-state index contributed by atoms with van der Waals surface area (Å²) >= 11 is 5.93. The van der Waals surface area contributed by atoms with Crippen LogP contribution >= 0.6 is 11.6 Å². The van der Waals surface area contributed by atoms with Gasteiger partial charge < -0.3 is 15.5 Å². The van der Waals surface area contributed by atoms with Crippen LogP contribution in [0.25, 0.3) is 0 Å². The zero-order chi connectivity index (χ0) is 14.5. The molecule has 1 unspecified atom stereocenters. The van der Waals surface area contributed by atoms with Gasteiger partial charge in [0.1, 0.15) is 0 Å². The van der Waals surface area contributed by atoms with Crippen molar-refractivity contribution in [2.75, 3.05) is 25.0 Å². The number of carbonyl (C=O) groups is 1. The fourth-order valence-electron chi connectivity index (χ4n) is 2.35. The molecule has 2 N–H and O–H groups in total. The average Bonchev–Trinajstić information content (AvgIpc) is 2.64. The van der Waals surface area contributed by atoms with Crippen LogP contribution in [-0.4, -0.2) is 36.6 Å². The van der Waals surface area contributed by atoms with E-state index in [1.54, 1.807) is 12.1 Å². The van der Waals surface area contributed by atoms with Gasteiger partial charge in [-0.1, -0.05) is 31.5 Å². The molecule has 0 aromatic heterocycles. The first-order valence-corrected chi connectivity index (χ1v) is 7.49. The highest BCUT2D eigenvalue weighted by Gasteiger charge is 2.23. The van der Waals surface area contributed by atoms with Crippen molar-refractivity contribution in [1.82, 2.24) is 10.2 Å². The van der Waals surface area contributed by atoms with E-state index in [1.807, 2.05) is 17.0 Å². The monoisotopic (exact) mass is 295 g/mol. The highest BCUT2D eigenvalue weighted by Crippen LogP contribution is 2.16. The van der Waals surface area contributed by atoms with Crippen LogP contribution in [0.5, 0.6) is 0 Å². The van der Waals surface area contributed by atoms with E-state index in [0.29, 0.717) is 17.0 Å². The first-order valence-electron chi connectivity index (χ1n) is 7.11. The standard InChI is InChI=1S/C15H22ClN3O/c1-11(2)14-10-19(8-4-7-17-14)15(20)18-13-6-3-5-12(16)9-13/h3,5-6,9,11,14,17H,4,7-8,10H2,1-2H3,(H,18,20). The molecule has 0 bridgehead atoms. The van der Waals surface area contributed by atoms with Crippen LogP contribution in [0, 0.1) is 5.92 Å². The number of nitrogens with zero attached hydrogens (tertiary/aromatic N) is 1. The van der Waals surface area contributed by atoms with Crippen molar-refractivity contribution in [3.63, 3.8) is 0 Å². The predicted molar refractivity (Wildman–Crippen MR) is 83.3 cm³/mol.